The summed E-state index contributed by atoms with van der Waals surface area (Å²) in [6.45, 7) is 1.46. The second-order valence-corrected chi connectivity index (χ2v) is 4.70. The number of hydrogen-bond acceptors (Lipinski definition) is 4. The average Bonchev–Trinajstić information content (AvgIpc) is 2.50. The van der Waals surface area contributed by atoms with Crippen LogP contribution in [0.25, 0.3) is 0 Å². The highest BCUT2D eigenvalue weighted by Gasteiger charge is 2.21. The van der Waals surface area contributed by atoms with E-state index < -0.39 is 23.1 Å². The summed E-state index contributed by atoms with van der Waals surface area (Å²) < 4.78 is 27.9. The molecule has 2 rings (SSSR count). The lowest BCUT2D eigenvalue weighted by atomic mass is 9.93. The Morgan fingerprint density at radius 1 is 1.09 bits per heavy atom. The highest BCUT2D eigenvalue weighted by Crippen LogP contribution is 2.35. The molecule has 0 fully saturated rings. The van der Waals surface area contributed by atoms with Crippen molar-refractivity contribution in [3.8, 4) is 23.6 Å². The molecule has 0 aliphatic heterocycles. The van der Waals surface area contributed by atoms with E-state index in [0.29, 0.717) is 0 Å². The first-order chi connectivity index (χ1) is 10.4. The summed E-state index contributed by atoms with van der Waals surface area (Å²) >= 11 is 0. The minimum atomic E-state index is -0.816. The van der Waals surface area contributed by atoms with E-state index in [1.165, 1.54) is 13.0 Å². The van der Waals surface area contributed by atoms with Gasteiger partial charge < -0.3 is 10.2 Å². The molecule has 0 heterocycles. The summed E-state index contributed by atoms with van der Waals surface area (Å²) in [6.07, 6.45) is -0.390. The summed E-state index contributed by atoms with van der Waals surface area (Å²) in [6, 6.07) is 6.71. The number of aromatic hydroxyl groups is 2. The minimum Gasteiger partial charge on any atom is -0.504 e. The number of nitriles is 2. The van der Waals surface area contributed by atoms with Crippen LogP contribution in [0.1, 0.15) is 27.8 Å². The van der Waals surface area contributed by atoms with Gasteiger partial charge in [-0.05, 0) is 24.1 Å². The molecule has 2 aromatic carbocycles. The van der Waals surface area contributed by atoms with Crippen LogP contribution in [0.5, 0.6) is 11.5 Å². The fourth-order valence-electron chi connectivity index (χ4n) is 2.16. The molecule has 4 nitrogen and oxygen atoms in total. The van der Waals surface area contributed by atoms with Crippen LogP contribution in [0, 0.1) is 41.2 Å². The van der Waals surface area contributed by atoms with Gasteiger partial charge in [-0.2, -0.15) is 10.5 Å². The van der Waals surface area contributed by atoms with Crippen LogP contribution in [-0.4, -0.2) is 10.2 Å². The van der Waals surface area contributed by atoms with Gasteiger partial charge in [-0.1, -0.05) is 6.07 Å². The predicted molar refractivity (Wildman–Crippen MR) is 73.1 cm³/mol. The van der Waals surface area contributed by atoms with Crippen molar-refractivity contribution in [2.45, 2.75) is 13.3 Å². The summed E-state index contributed by atoms with van der Waals surface area (Å²) in [5, 5.41) is 37.4. The zero-order valence-corrected chi connectivity index (χ0v) is 11.5. The van der Waals surface area contributed by atoms with Crippen molar-refractivity contribution in [3.05, 3.63) is 57.7 Å². The largest absolute Gasteiger partial charge is 0.504 e. The van der Waals surface area contributed by atoms with Crippen LogP contribution in [0.3, 0.4) is 0 Å². The van der Waals surface area contributed by atoms with Crippen LogP contribution in [0.15, 0.2) is 18.2 Å². The van der Waals surface area contributed by atoms with Crippen LogP contribution >= 0.6 is 0 Å². The van der Waals surface area contributed by atoms with Crippen molar-refractivity contribution < 1.29 is 19.0 Å². The molecule has 22 heavy (non-hydrogen) atoms. The van der Waals surface area contributed by atoms with E-state index in [9.17, 15) is 19.0 Å². The van der Waals surface area contributed by atoms with Crippen LogP contribution in [0.2, 0.25) is 0 Å². The van der Waals surface area contributed by atoms with Crippen molar-refractivity contribution in [2.75, 3.05) is 0 Å². The lowest BCUT2D eigenvalue weighted by molar-refractivity contribution is 0.402. The number of rotatable bonds is 2. The third kappa shape index (κ3) is 2.43. The second kappa shape index (κ2) is 5.71. The van der Waals surface area contributed by atoms with Gasteiger partial charge in [0.25, 0.3) is 0 Å². The molecule has 2 N–H and O–H groups in total. The maximum atomic E-state index is 14.1. The Morgan fingerprint density at radius 2 is 1.77 bits per heavy atom. The minimum absolute atomic E-state index is 0.0382. The lowest BCUT2D eigenvalue weighted by Crippen LogP contribution is -2.04. The number of halogens is 2. The summed E-state index contributed by atoms with van der Waals surface area (Å²) in [5.74, 6) is -2.95. The number of phenolic OH excluding ortho intramolecular Hbond substituents is 2. The molecule has 0 unspecified atom stereocenters. The van der Waals surface area contributed by atoms with E-state index in [0.717, 1.165) is 12.1 Å². The van der Waals surface area contributed by atoms with E-state index in [4.69, 9.17) is 10.5 Å². The van der Waals surface area contributed by atoms with E-state index in [2.05, 4.69) is 0 Å². The van der Waals surface area contributed by atoms with Crippen LogP contribution < -0.4 is 0 Å². The van der Waals surface area contributed by atoms with Gasteiger partial charge in [-0.15, -0.1) is 0 Å². The highest BCUT2D eigenvalue weighted by molar-refractivity contribution is 5.62. The molecular weight excluding hydrogens is 290 g/mol. The van der Waals surface area contributed by atoms with Crippen molar-refractivity contribution in [3.63, 3.8) is 0 Å². The molecule has 0 radical (unpaired) electrons. The molecule has 2 aromatic rings. The van der Waals surface area contributed by atoms with Crippen molar-refractivity contribution >= 4 is 0 Å². The number of phenols is 2. The molecule has 110 valence electrons. The van der Waals surface area contributed by atoms with E-state index in [1.54, 1.807) is 12.1 Å². The number of nitrogens with zero attached hydrogens (tertiary/aromatic N) is 2. The summed E-state index contributed by atoms with van der Waals surface area (Å²) in [4.78, 5) is 0. The van der Waals surface area contributed by atoms with Crippen molar-refractivity contribution in [1.82, 2.24) is 0 Å². The van der Waals surface area contributed by atoms with Crippen molar-refractivity contribution in [1.29, 1.82) is 10.5 Å². The van der Waals surface area contributed by atoms with Gasteiger partial charge in [-0.3, -0.25) is 0 Å². The van der Waals surface area contributed by atoms with Gasteiger partial charge in [0, 0.05) is 18.1 Å². The van der Waals surface area contributed by atoms with Gasteiger partial charge in [-0.25, -0.2) is 8.78 Å². The third-order valence-electron chi connectivity index (χ3n) is 3.35. The number of aryl methyl sites for hydroxylation is 1. The molecular formula is C16H10F2N2O2. The van der Waals surface area contributed by atoms with Gasteiger partial charge in [0.05, 0.1) is 11.6 Å². The Morgan fingerprint density at radius 3 is 2.36 bits per heavy atom. The molecule has 0 aliphatic rings. The fraction of sp³-hybridized carbons (Fsp3) is 0.125. The first-order valence-corrected chi connectivity index (χ1v) is 6.22. The molecule has 0 aromatic heterocycles. The van der Waals surface area contributed by atoms with Gasteiger partial charge in [0.15, 0.2) is 11.5 Å². The first kappa shape index (κ1) is 15.3. The SMILES string of the molecule is Cc1ccc(F)c(Cc2c(C#N)cc(O)c(O)c2C#N)c1F. The van der Waals surface area contributed by atoms with E-state index in [1.807, 2.05) is 0 Å². The average molecular weight is 300 g/mol. The standard InChI is InChI=1S/C16H10F2N2O2/c1-8-2-3-13(17)11(15(8)18)5-10-9(6-19)4-14(21)16(22)12(10)7-20/h2-4,21-22H,5H2,1H3. The van der Waals surface area contributed by atoms with Gasteiger partial charge >= 0.3 is 0 Å². The highest BCUT2D eigenvalue weighted by atomic mass is 19.1. The number of benzene rings is 2. The molecule has 6 heteroatoms. The first-order valence-electron chi connectivity index (χ1n) is 6.22. The fourth-order valence-corrected chi connectivity index (χ4v) is 2.16. The van der Waals surface area contributed by atoms with Crippen LogP contribution in [-0.2, 0) is 6.42 Å². The van der Waals surface area contributed by atoms with E-state index in [-0.39, 0.29) is 34.2 Å². The van der Waals surface area contributed by atoms with Crippen molar-refractivity contribution in [2.24, 2.45) is 0 Å². The van der Waals surface area contributed by atoms with E-state index >= 15 is 0 Å². The molecule has 0 saturated heterocycles. The maximum absolute atomic E-state index is 14.1. The van der Waals surface area contributed by atoms with Crippen LogP contribution in [0.4, 0.5) is 8.78 Å². The maximum Gasteiger partial charge on any atom is 0.175 e. The molecule has 0 spiro atoms. The Bertz CT molecular complexity index is 849. The zero-order chi connectivity index (χ0) is 16.4. The van der Waals surface area contributed by atoms with Gasteiger partial charge in [0.2, 0.25) is 0 Å². The zero-order valence-electron chi connectivity index (χ0n) is 11.5. The normalized spacial score (nSPS) is 10.0. The van der Waals surface area contributed by atoms with Gasteiger partial charge in [0.1, 0.15) is 23.3 Å². The molecule has 0 saturated carbocycles. The molecule has 0 amide bonds. The Kier molecular flexibility index (Phi) is 3.96. The lowest BCUT2D eigenvalue weighted by Gasteiger charge is -2.12. The summed E-state index contributed by atoms with van der Waals surface area (Å²) in [7, 11) is 0. The summed E-state index contributed by atoms with van der Waals surface area (Å²) in [5.41, 5.74) is -0.637. The quantitative estimate of drug-likeness (QED) is 0.834. The predicted octanol–water partition coefficient (Wildman–Crippen LogP) is 3.02. The second-order valence-electron chi connectivity index (χ2n) is 4.70. The Balaban J connectivity index is 2.71. The number of hydrogen-bond donors (Lipinski definition) is 2. The topological polar surface area (TPSA) is 88.0 Å². The smallest absolute Gasteiger partial charge is 0.175 e. The molecule has 0 bridgehead atoms. The monoisotopic (exact) mass is 300 g/mol. The Labute approximate surface area is 125 Å². The third-order valence-corrected chi connectivity index (χ3v) is 3.35. The molecule has 0 atom stereocenters. The Hall–Kier alpha value is -3.12. The molecule has 0 aliphatic carbocycles.